The van der Waals surface area contributed by atoms with Gasteiger partial charge in [0.05, 0.1) is 11.3 Å². The summed E-state index contributed by atoms with van der Waals surface area (Å²) >= 11 is 6.22. The SMILES string of the molecule is Cc1nc2c(c(=O)n1C)CN(Cc1ccccc1Cl)CC2. The zero-order valence-electron chi connectivity index (χ0n) is 12.3. The fourth-order valence-electron chi connectivity index (χ4n) is 2.75. The number of aromatic nitrogens is 2. The fourth-order valence-corrected chi connectivity index (χ4v) is 2.94. The lowest BCUT2D eigenvalue weighted by Crippen LogP contribution is -2.37. The summed E-state index contributed by atoms with van der Waals surface area (Å²) in [6.07, 6.45) is 0.816. The lowest BCUT2D eigenvalue weighted by Gasteiger charge is -2.28. The second kappa shape index (κ2) is 5.62. The molecule has 0 amide bonds. The monoisotopic (exact) mass is 303 g/mol. The first-order valence-corrected chi connectivity index (χ1v) is 7.45. The Morgan fingerprint density at radius 1 is 1.33 bits per heavy atom. The van der Waals surface area contributed by atoms with Gasteiger partial charge in [0.1, 0.15) is 5.82 Å². The molecule has 5 heteroatoms. The van der Waals surface area contributed by atoms with Gasteiger partial charge < -0.3 is 0 Å². The van der Waals surface area contributed by atoms with E-state index < -0.39 is 0 Å². The van der Waals surface area contributed by atoms with Crippen LogP contribution < -0.4 is 5.56 Å². The first-order valence-electron chi connectivity index (χ1n) is 7.07. The largest absolute Gasteiger partial charge is 0.300 e. The van der Waals surface area contributed by atoms with Gasteiger partial charge in [0.25, 0.3) is 5.56 Å². The van der Waals surface area contributed by atoms with Gasteiger partial charge in [-0.15, -0.1) is 0 Å². The highest BCUT2D eigenvalue weighted by Gasteiger charge is 2.22. The van der Waals surface area contributed by atoms with Crippen molar-refractivity contribution in [3.63, 3.8) is 0 Å². The van der Waals surface area contributed by atoms with Gasteiger partial charge in [0, 0.05) is 38.1 Å². The van der Waals surface area contributed by atoms with Gasteiger partial charge in [0.15, 0.2) is 0 Å². The minimum atomic E-state index is 0.0707. The normalized spacial score (nSPS) is 15.0. The first-order chi connectivity index (χ1) is 10.1. The molecule has 0 N–H and O–H groups in total. The van der Waals surface area contributed by atoms with Crippen molar-refractivity contribution in [3.8, 4) is 0 Å². The van der Waals surface area contributed by atoms with E-state index in [2.05, 4.69) is 9.88 Å². The van der Waals surface area contributed by atoms with Crippen LogP contribution in [0.3, 0.4) is 0 Å². The summed E-state index contributed by atoms with van der Waals surface area (Å²) in [7, 11) is 1.78. The zero-order valence-corrected chi connectivity index (χ0v) is 13.0. The molecule has 0 saturated heterocycles. The standard InChI is InChI=1S/C16H18ClN3O/c1-11-18-15-7-8-20(10-13(15)16(21)19(11)2)9-12-5-3-4-6-14(12)17/h3-6H,7-10H2,1-2H3. The van der Waals surface area contributed by atoms with Gasteiger partial charge in [-0.25, -0.2) is 4.98 Å². The minimum absolute atomic E-state index is 0.0707. The molecule has 1 aromatic carbocycles. The molecule has 0 spiro atoms. The van der Waals surface area contributed by atoms with Crippen molar-refractivity contribution in [1.29, 1.82) is 0 Å². The van der Waals surface area contributed by atoms with E-state index in [9.17, 15) is 4.79 Å². The molecule has 0 aliphatic carbocycles. The Morgan fingerprint density at radius 3 is 2.86 bits per heavy atom. The summed E-state index contributed by atoms with van der Waals surface area (Å²) in [5.74, 6) is 0.776. The number of hydrogen-bond donors (Lipinski definition) is 0. The van der Waals surface area contributed by atoms with Crippen molar-refractivity contribution < 1.29 is 0 Å². The van der Waals surface area contributed by atoms with Crippen LogP contribution in [0.5, 0.6) is 0 Å². The molecule has 0 radical (unpaired) electrons. The fraction of sp³-hybridized carbons (Fsp3) is 0.375. The average molecular weight is 304 g/mol. The molecule has 2 aromatic rings. The second-order valence-electron chi connectivity index (χ2n) is 5.50. The van der Waals surface area contributed by atoms with Crippen LogP contribution in [0.15, 0.2) is 29.1 Å². The molecule has 1 aromatic heterocycles. The highest BCUT2D eigenvalue weighted by molar-refractivity contribution is 6.31. The molecule has 0 atom stereocenters. The molecule has 110 valence electrons. The van der Waals surface area contributed by atoms with E-state index in [4.69, 9.17) is 11.6 Å². The van der Waals surface area contributed by atoms with Crippen molar-refractivity contribution in [2.45, 2.75) is 26.4 Å². The molecule has 1 aliphatic rings. The Labute approximate surface area is 129 Å². The van der Waals surface area contributed by atoms with Gasteiger partial charge in [-0.1, -0.05) is 29.8 Å². The summed E-state index contributed by atoms with van der Waals surface area (Å²) in [6.45, 7) is 4.17. The van der Waals surface area contributed by atoms with Crippen LogP contribution in [0.4, 0.5) is 0 Å². The Balaban J connectivity index is 1.87. The molecule has 2 heterocycles. The second-order valence-corrected chi connectivity index (χ2v) is 5.91. The van der Waals surface area contributed by atoms with E-state index in [0.717, 1.165) is 47.2 Å². The molecule has 3 rings (SSSR count). The third-order valence-corrected chi connectivity index (χ3v) is 4.46. The van der Waals surface area contributed by atoms with Gasteiger partial charge in [-0.2, -0.15) is 0 Å². The van der Waals surface area contributed by atoms with E-state index in [1.165, 1.54) is 0 Å². The molecule has 1 aliphatic heterocycles. The molecule has 0 fully saturated rings. The third-order valence-electron chi connectivity index (χ3n) is 4.09. The Morgan fingerprint density at radius 2 is 2.10 bits per heavy atom. The Hall–Kier alpha value is -1.65. The topological polar surface area (TPSA) is 38.1 Å². The number of benzene rings is 1. The number of rotatable bonds is 2. The van der Waals surface area contributed by atoms with Gasteiger partial charge in [-0.05, 0) is 18.6 Å². The smallest absolute Gasteiger partial charge is 0.257 e. The van der Waals surface area contributed by atoms with E-state index in [1.807, 2.05) is 31.2 Å². The van der Waals surface area contributed by atoms with Crippen molar-refractivity contribution >= 4 is 11.6 Å². The lowest BCUT2D eigenvalue weighted by molar-refractivity contribution is 0.240. The summed E-state index contributed by atoms with van der Waals surface area (Å²) in [5.41, 5.74) is 2.94. The van der Waals surface area contributed by atoms with Crippen LogP contribution >= 0.6 is 11.6 Å². The van der Waals surface area contributed by atoms with Crippen molar-refractivity contribution in [2.75, 3.05) is 6.54 Å². The van der Waals surface area contributed by atoms with E-state index >= 15 is 0 Å². The quantitative estimate of drug-likeness (QED) is 0.854. The summed E-state index contributed by atoms with van der Waals surface area (Å²) in [4.78, 5) is 19.2. The van der Waals surface area contributed by atoms with E-state index in [-0.39, 0.29) is 5.56 Å². The number of hydrogen-bond acceptors (Lipinski definition) is 3. The van der Waals surface area contributed by atoms with Crippen LogP contribution in [0.1, 0.15) is 22.6 Å². The molecular formula is C16H18ClN3O. The van der Waals surface area contributed by atoms with E-state index in [0.29, 0.717) is 6.54 Å². The van der Waals surface area contributed by atoms with Crippen molar-refractivity contribution in [1.82, 2.24) is 14.5 Å². The Bertz CT molecular complexity index is 739. The summed E-state index contributed by atoms with van der Waals surface area (Å²) in [5, 5.41) is 0.776. The highest BCUT2D eigenvalue weighted by atomic mass is 35.5. The first kappa shape index (κ1) is 14.3. The summed E-state index contributed by atoms with van der Waals surface area (Å²) in [6, 6.07) is 7.85. The van der Waals surface area contributed by atoms with Crippen molar-refractivity contribution in [2.24, 2.45) is 7.05 Å². The average Bonchev–Trinajstić information content (AvgIpc) is 2.48. The maximum absolute atomic E-state index is 12.4. The van der Waals surface area contributed by atoms with E-state index in [1.54, 1.807) is 11.6 Å². The molecule has 0 saturated carbocycles. The van der Waals surface area contributed by atoms with Crippen LogP contribution in [0, 0.1) is 6.92 Å². The van der Waals surface area contributed by atoms with Gasteiger partial charge >= 0.3 is 0 Å². The molecule has 0 unspecified atom stereocenters. The lowest BCUT2D eigenvalue weighted by atomic mass is 10.1. The number of halogens is 1. The molecule has 0 bridgehead atoms. The minimum Gasteiger partial charge on any atom is -0.300 e. The third kappa shape index (κ3) is 2.74. The molecule has 21 heavy (non-hydrogen) atoms. The zero-order chi connectivity index (χ0) is 15.0. The van der Waals surface area contributed by atoms with Crippen molar-refractivity contribution in [3.05, 3.63) is 62.3 Å². The predicted octanol–water partition coefficient (Wildman–Crippen LogP) is 2.30. The number of aryl methyl sites for hydroxylation is 1. The number of fused-ring (bicyclic) bond motifs is 1. The van der Waals surface area contributed by atoms with Crippen LogP contribution in [0.2, 0.25) is 5.02 Å². The van der Waals surface area contributed by atoms with Gasteiger partial charge in [0.2, 0.25) is 0 Å². The molecule has 4 nitrogen and oxygen atoms in total. The number of nitrogens with zero attached hydrogens (tertiary/aromatic N) is 3. The maximum atomic E-state index is 12.4. The molecular weight excluding hydrogens is 286 g/mol. The van der Waals surface area contributed by atoms with Gasteiger partial charge in [-0.3, -0.25) is 14.3 Å². The van der Waals surface area contributed by atoms with Crippen LogP contribution in [-0.4, -0.2) is 21.0 Å². The highest BCUT2D eigenvalue weighted by Crippen LogP contribution is 2.21. The summed E-state index contributed by atoms with van der Waals surface area (Å²) < 4.78 is 1.62. The maximum Gasteiger partial charge on any atom is 0.257 e. The Kier molecular flexibility index (Phi) is 3.83. The van der Waals surface area contributed by atoms with Crippen LogP contribution in [0.25, 0.3) is 0 Å². The predicted molar refractivity (Wildman–Crippen MR) is 83.5 cm³/mol. The van der Waals surface area contributed by atoms with Crippen LogP contribution in [-0.2, 0) is 26.6 Å².